The third-order valence-corrected chi connectivity index (χ3v) is 2.25. The van der Waals surface area contributed by atoms with Crippen molar-refractivity contribution in [1.82, 2.24) is 0 Å². The van der Waals surface area contributed by atoms with Crippen LogP contribution in [-0.4, -0.2) is 5.75 Å². The topological polar surface area (TPSA) is 47.6 Å². The van der Waals surface area contributed by atoms with Crippen LogP contribution in [0.5, 0.6) is 0 Å². The van der Waals surface area contributed by atoms with Gasteiger partial charge in [-0.15, -0.1) is 11.8 Å². The van der Waals surface area contributed by atoms with Gasteiger partial charge in [-0.05, 0) is 11.0 Å². The zero-order chi connectivity index (χ0) is 10.2. The van der Waals surface area contributed by atoms with Crippen LogP contribution in [0.4, 0.5) is 0 Å². The van der Waals surface area contributed by atoms with Crippen molar-refractivity contribution in [3.05, 3.63) is 41.3 Å². The second-order valence-electron chi connectivity index (χ2n) is 2.48. The zero-order valence-electron chi connectivity index (χ0n) is 7.47. The number of thioether (sulfide) groups is 1. The fourth-order valence-corrected chi connectivity index (χ4v) is 1.45. The van der Waals surface area contributed by atoms with E-state index in [1.54, 1.807) is 5.41 Å². The molecule has 0 spiro atoms. The van der Waals surface area contributed by atoms with Gasteiger partial charge in [-0.1, -0.05) is 30.3 Å². The minimum Gasteiger partial charge on any atom is -0.197 e. The molecule has 14 heavy (non-hydrogen) atoms. The molecule has 0 aliphatic heterocycles. The van der Waals surface area contributed by atoms with E-state index >= 15 is 0 Å². The molecule has 0 unspecified atom stereocenters. The van der Waals surface area contributed by atoms with E-state index in [2.05, 4.69) is 6.07 Å². The Bertz CT molecular complexity index is 396. The Morgan fingerprint density at radius 3 is 2.57 bits per heavy atom. The van der Waals surface area contributed by atoms with E-state index in [9.17, 15) is 0 Å². The number of hydrogen-bond acceptors (Lipinski definition) is 3. The number of rotatable bonds is 3. The summed E-state index contributed by atoms with van der Waals surface area (Å²) in [5.41, 5.74) is 1.49. The second-order valence-corrected chi connectivity index (χ2v) is 3.34. The Labute approximate surface area is 87.5 Å². The zero-order valence-corrected chi connectivity index (χ0v) is 8.29. The van der Waals surface area contributed by atoms with E-state index in [1.807, 2.05) is 36.4 Å². The summed E-state index contributed by atoms with van der Waals surface area (Å²) in [6.07, 6.45) is 0. The van der Waals surface area contributed by atoms with Gasteiger partial charge in [0.15, 0.2) is 0 Å². The highest BCUT2D eigenvalue weighted by molar-refractivity contribution is 8.02. The van der Waals surface area contributed by atoms with Gasteiger partial charge < -0.3 is 0 Å². The first kappa shape index (κ1) is 10.4. The summed E-state index contributed by atoms with van der Waals surface area (Å²) >= 11 is 1.34. The van der Waals surface area contributed by atoms with Gasteiger partial charge in [0.1, 0.15) is 6.07 Å². The lowest BCUT2D eigenvalue weighted by molar-refractivity contribution is 1.50. The van der Waals surface area contributed by atoms with E-state index in [-0.39, 0.29) is 0 Å². The first-order valence-electron chi connectivity index (χ1n) is 4.02. The van der Waals surface area contributed by atoms with Gasteiger partial charge in [-0.2, -0.15) is 10.5 Å². The molecule has 0 N–H and O–H groups in total. The molecule has 0 aliphatic carbocycles. The normalized spacial score (nSPS) is 10.3. The second kappa shape index (κ2) is 5.85. The average Bonchev–Trinajstić information content (AvgIpc) is 2.26. The summed E-state index contributed by atoms with van der Waals surface area (Å²) in [6.45, 7) is 0. The molecule has 1 aromatic rings. The van der Waals surface area contributed by atoms with Gasteiger partial charge in [0.05, 0.1) is 17.4 Å². The van der Waals surface area contributed by atoms with Crippen LogP contribution >= 0.6 is 11.8 Å². The lowest BCUT2D eigenvalue weighted by Crippen LogP contribution is -1.79. The first-order valence-corrected chi connectivity index (χ1v) is 5.07. The van der Waals surface area contributed by atoms with Gasteiger partial charge in [0.2, 0.25) is 0 Å². The molecule has 0 heterocycles. The van der Waals surface area contributed by atoms with Crippen molar-refractivity contribution < 1.29 is 0 Å². The molecule has 0 saturated carbocycles. The van der Waals surface area contributed by atoms with E-state index in [1.165, 1.54) is 11.8 Å². The highest BCUT2D eigenvalue weighted by Gasteiger charge is 1.97. The molecule has 0 aliphatic rings. The number of hydrogen-bond donors (Lipinski definition) is 0. The Hall–Kier alpha value is -1.71. The summed E-state index contributed by atoms with van der Waals surface area (Å²) in [4.78, 5) is 0. The Morgan fingerprint density at radius 1 is 1.29 bits per heavy atom. The van der Waals surface area contributed by atoms with E-state index < -0.39 is 0 Å². The maximum Gasteiger partial charge on any atom is 0.100 e. The predicted molar refractivity (Wildman–Crippen MR) is 58.1 cm³/mol. The largest absolute Gasteiger partial charge is 0.197 e. The van der Waals surface area contributed by atoms with E-state index in [4.69, 9.17) is 10.5 Å². The Kier molecular flexibility index (Phi) is 4.34. The monoisotopic (exact) mass is 200 g/mol. The number of nitrogens with zero attached hydrogens (tertiary/aromatic N) is 2. The van der Waals surface area contributed by atoms with Crippen LogP contribution in [0.1, 0.15) is 5.56 Å². The molecule has 0 saturated heterocycles. The molecule has 0 aromatic heterocycles. The predicted octanol–water partition coefficient (Wildman–Crippen LogP) is 2.81. The lowest BCUT2D eigenvalue weighted by Gasteiger charge is -1.96. The Morgan fingerprint density at radius 2 is 2.00 bits per heavy atom. The van der Waals surface area contributed by atoms with Crippen molar-refractivity contribution in [2.45, 2.75) is 0 Å². The average molecular weight is 200 g/mol. The van der Waals surface area contributed by atoms with Crippen molar-refractivity contribution in [2.75, 3.05) is 5.75 Å². The van der Waals surface area contributed by atoms with Crippen molar-refractivity contribution in [3.63, 3.8) is 0 Å². The van der Waals surface area contributed by atoms with Gasteiger partial charge in [-0.3, -0.25) is 0 Å². The molecule has 0 atom stereocenters. The summed E-state index contributed by atoms with van der Waals surface area (Å²) in [6, 6.07) is 13.5. The van der Waals surface area contributed by atoms with Crippen LogP contribution in [0.3, 0.4) is 0 Å². The lowest BCUT2D eigenvalue weighted by atomic mass is 10.1. The van der Waals surface area contributed by atoms with Crippen LogP contribution in [0, 0.1) is 22.7 Å². The standard InChI is InChI=1S/C11H8N2S/c12-6-7-14-9-11(8-13)10-4-2-1-3-5-10/h1-5,9H,7H2/b11-9-. The number of benzene rings is 1. The fourth-order valence-electron chi connectivity index (χ4n) is 0.939. The Balaban J connectivity index is 2.80. The molecule has 68 valence electrons. The van der Waals surface area contributed by atoms with Gasteiger partial charge in [0, 0.05) is 0 Å². The van der Waals surface area contributed by atoms with Crippen LogP contribution in [0.2, 0.25) is 0 Å². The van der Waals surface area contributed by atoms with E-state index in [0.717, 1.165) is 5.56 Å². The number of nitriles is 2. The minimum absolute atomic E-state index is 0.373. The van der Waals surface area contributed by atoms with Gasteiger partial charge >= 0.3 is 0 Å². The summed E-state index contributed by atoms with van der Waals surface area (Å²) in [5.74, 6) is 0.373. The summed E-state index contributed by atoms with van der Waals surface area (Å²) in [7, 11) is 0. The van der Waals surface area contributed by atoms with Crippen LogP contribution in [-0.2, 0) is 0 Å². The molecular weight excluding hydrogens is 192 g/mol. The molecule has 0 bridgehead atoms. The smallest absolute Gasteiger partial charge is 0.100 e. The molecule has 1 rings (SSSR count). The van der Waals surface area contributed by atoms with Gasteiger partial charge in [-0.25, -0.2) is 0 Å². The van der Waals surface area contributed by atoms with Gasteiger partial charge in [0.25, 0.3) is 0 Å². The summed E-state index contributed by atoms with van der Waals surface area (Å²) < 4.78 is 0. The quantitative estimate of drug-likeness (QED) is 0.556. The summed E-state index contributed by atoms with van der Waals surface area (Å²) in [5, 5.41) is 18.9. The molecule has 0 radical (unpaired) electrons. The third kappa shape index (κ3) is 2.97. The third-order valence-electron chi connectivity index (χ3n) is 1.55. The number of allylic oxidation sites excluding steroid dienone is 1. The fraction of sp³-hybridized carbons (Fsp3) is 0.0909. The van der Waals surface area contributed by atoms with Crippen LogP contribution < -0.4 is 0 Å². The minimum atomic E-state index is 0.373. The van der Waals surface area contributed by atoms with Crippen molar-refractivity contribution in [1.29, 1.82) is 10.5 Å². The molecule has 2 nitrogen and oxygen atoms in total. The molecule has 1 aromatic carbocycles. The van der Waals surface area contributed by atoms with Crippen molar-refractivity contribution in [3.8, 4) is 12.1 Å². The van der Waals surface area contributed by atoms with E-state index in [0.29, 0.717) is 11.3 Å². The molecule has 0 fully saturated rings. The highest BCUT2D eigenvalue weighted by atomic mass is 32.2. The van der Waals surface area contributed by atoms with Crippen LogP contribution in [0.25, 0.3) is 5.57 Å². The van der Waals surface area contributed by atoms with Crippen molar-refractivity contribution in [2.24, 2.45) is 0 Å². The highest BCUT2D eigenvalue weighted by Crippen LogP contribution is 2.17. The van der Waals surface area contributed by atoms with Crippen molar-refractivity contribution >= 4 is 17.3 Å². The first-order chi connectivity index (χ1) is 6.88. The molecule has 3 heteroatoms. The SMILES string of the molecule is N#CCS/C=C(/C#N)c1ccccc1. The maximum absolute atomic E-state index is 8.86. The van der Waals surface area contributed by atoms with Crippen LogP contribution in [0.15, 0.2) is 35.7 Å². The maximum atomic E-state index is 8.86. The molecular formula is C11H8N2S. The molecule has 0 amide bonds.